The predicted octanol–water partition coefficient (Wildman–Crippen LogP) is 14.1. The Morgan fingerprint density at radius 3 is 1.80 bits per heavy atom. The first-order valence-corrected chi connectivity index (χ1v) is 20.3. The fraction of sp³-hybridized carbons (Fsp3) is 0. The standard InChI is InChI=1S/C50H28N4S2/c1-2-13-30(14-3-1)48-52-49(31-24-25-34-33-17-6-8-22-40(33)56-43(34)28-31)54-50(53-48)39-21-11-20-37-44-38(26-27-42-45(44)36-18-7-9-23-41(36)55-42)46(51-47(37)39)35-19-10-15-29-12-4-5-16-32(29)35/h1-28H. The first kappa shape index (κ1) is 31.5. The van der Waals surface area contributed by atoms with Gasteiger partial charge in [0, 0.05) is 78.8 Å². The molecule has 0 saturated heterocycles. The van der Waals surface area contributed by atoms with Gasteiger partial charge in [0.25, 0.3) is 0 Å². The van der Waals surface area contributed by atoms with Crippen molar-refractivity contribution >= 4 is 95.5 Å². The van der Waals surface area contributed by atoms with Gasteiger partial charge in [0.1, 0.15) is 0 Å². The Morgan fingerprint density at radius 1 is 0.321 bits per heavy atom. The zero-order valence-corrected chi connectivity index (χ0v) is 31.4. The first-order valence-electron chi connectivity index (χ1n) is 18.6. The van der Waals surface area contributed by atoms with Crippen LogP contribution in [0.3, 0.4) is 0 Å². The molecular weight excluding hydrogens is 721 g/mol. The molecule has 260 valence electrons. The van der Waals surface area contributed by atoms with Crippen LogP contribution < -0.4 is 0 Å². The third kappa shape index (κ3) is 4.83. The highest BCUT2D eigenvalue weighted by atomic mass is 32.1. The lowest BCUT2D eigenvalue weighted by Gasteiger charge is -2.16. The molecule has 0 aliphatic heterocycles. The van der Waals surface area contributed by atoms with Crippen molar-refractivity contribution in [1.82, 2.24) is 19.9 Å². The van der Waals surface area contributed by atoms with E-state index in [4.69, 9.17) is 19.9 Å². The fourth-order valence-electron chi connectivity index (χ4n) is 8.36. The Morgan fingerprint density at radius 2 is 0.929 bits per heavy atom. The number of hydrogen-bond donors (Lipinski definition) is 0. The molecular formula is C50H28N4S2. The Kier molecular flexibility index (Phi) is 6.93. The lowest BCUT2D eigenvalue weighted by atomic mass is 9.93. The third-order valence-corrected chi connectivity index (χ3v) is 13.2. The number of fused-ring (bicyclic) bond motifs is 11. The van der Waals surface area contributed by atoms with Crippen LogP contribution in [0, 0.1) is 0 Å². The van der Waals surface area contributed by atoms with Crippen LogP contribution in [0.5, 0.6) is 0 Å². The smallest absolute Gasteiger partial charge is 0.166 e. The van der Waals surface area contributed by atoms with Crippen molar-refractivity contribution in [2.75, 3.05) is 0 Å². The van der Waals surface area contributed by atoms with E-state index in [-0.39, 0.29) is 0 Å². The summed E-state index contributed by atoms with van der Waals surface area (Å²) in [5.74, 6) is 1.85. The molecule has 4 nitrogen and oxygen atoms in total. The quantitative estimate of drug-likeness (QED) is 0.168. The molecule has 0 radical (unpaired) electrons. The first-order chi connectivity index (χ1) is 27.7. The summed E-state index contributed by atoms with van der Waals surface area (Å²) in [5, 5.41) is 10.8. The molecule has 0 aliphatic rings. The number of pyridine rings is 1. The second-order valence-electron chi connectivity index (χ2n) is 14.1. The van der Waals surface area contributed by atoms with Crippen LogP contribution in [0.1, 0.15) is 0 Å². The molecule has 0 N–H and O–H groups in total. The van der Waals surface area contributed by atoms with Crippen LogP contribution in [0.25, 0.3) is 118 Å². The van der Waals surface area contributed by atoms with Gasteiger partial charge in [0.15, 0.2) is 17.5 Å². The van der Waals surface area contributed by atoms with Crippen LogP contribution in [0.4, 0.5) is 0 Å². The maximum atomic E-state index is 5.65. The molecule has 0 fully saturated rings. The van der Waals surface area contributed by atoms with E-state index in [2.05, 4.69) is 152 Å². The van der Waals surface area contributed by atoms with E-state index in [1.165, 1.54) is 56.5 Å². The van der Waals surface area contributed by atoms with Crippen LogP contribution in [0.15, 0.2) is 170 Å². The fourth-order valence-corrected chi connectivity index (χ4v) is 10.6. The van der Waals surface area contributed by atoms with Crippen LogP contribution >= 0.6 is 22.7 Å². The largest absolute Gasteiger partial charge is 0.246 e. The number of rotatable bonds is 4. The van der Waals surface area contributed by atoms with Gasteiger partial charge in [-0.1, -0.05) is 140 Å². The maximum Gasteiger partial charge on any atom is 0.166 e. The van der Waals surface area contributed by atoms with E-state index < -0.39 is 0 Å². The number of nitrogens with zero attached hydrogens (tertiary/aromatic N) is 4. The zero-order chi connectivity index (χ0) is 36.7. The second kappa shape index (κ2) is 12.3. The maximum absolute atomic E-state index is 5.65. The average molecular weight is 749 g/mol. The summed E-state index contributed by atoms with van der Waals surface area (Å²) in [6.07, 6.45) is 0. The van der Waals surface area contributed by atoms with E-state index >= 15 is 0 Å². The minimum atomic E-state index is 0.592. The van der Waals surface area contributed by atoms with Gasteiger partial charge >= 0.3 is 0 Å². The summed E-state index contributed by atoms with van der Waals surface area (Å²) in [5.41, 5.74) is 5.66. The van der Waals surface area contributed by atoms with E-state index in [0.29, 0.717) is 17.5 Å². The van der Waals surface area contributed by atoms with Crippen molar-refractivity contribution in [2.45, 2.75) is 0 Å². The number of hydrogen-bond acceptors (Lipinski definition) is 6. The van der Waals surface area contributed by atoms with Gasteiger partial charge in [-0.05, 0) is 41.1 Å². The molecule has 0 bridgehead atoms. The lowest BCUT2D eigenvalue weighted by Crippen LogP contribution is -2.01. The van der Waals surface area contributed by atoms with Gasteiger partial charge < -0.3 is 0 Å². The Balaban J connectivity index is 1.18. The van der Waals surface area contributed by atoms with Gasteiger partial charge in [0.05, 0.1) is 11.2 Å². The van der Waals surface area contributed by atoms with E-state index in [1.54, 1.807) is 11.3 Å². The predicted molar refractivity (Wildman–Crippen MR) is 238 cm³/mol. The molecule has 0 aliphatic carbocycles. The lowest BCUT2D eigenvalue weighted by molar-refractivity contribution is 1.08. The van der Waals surface area contributed by atoms with Gasteiger partial charge in [-0.2, -0.15) is 0 Å². The van der Waals surface area contributed by atoms with Gasteiger partial charge in [0.2, 0.25) is 0 Å². The molecule has 4 heterocycles. The molecule has 6 heteroatoms. The highest BCUT2D eigenvalue weighted by molar-refractivity contribution is 7.26. The SMILES string of the molecule is c1ccc(-c2nc(-c3ccc4c(c3)sc3ccccc34)nc(-c3cccc4c3nc(-c3cccc5ccccc35)c3ccc5sc6ccccc6c5c34)n2)cc1. The molecule has 0 spiro atoms. The van der Waals surface area contributed by atoms with Gasteiger partial charge in [-0.3, -0.25) is 0 Å². The monoisotopic (exact) mass is 748 g/mol. The molecule has 12 aromatic rings. The third-order valence-electron chi connectivity index (χ3n) is 10.9. The molecule has 56 heavy (non-hydrogen) atoms. The van der Waals surface area contributed by atoms with E-state index in [0.717, 1.165) is 44.2 Å². The molecule has 0 unspecified atom stereocenters. The van der Waals surface area contributed by atoms with Gasteiger partial charge in [-0.15, -0.1) is 22.7 Å². The van der Waals surface area contributed by atoms with Crippen molar-refractivity contribution in [3.63, 3.8) is 0 Å². The highest BCUT2D eigenvalue weighted by Gasteiger charge is 2.21. The minimum Gasteiger partial charge on any atom is -0.246 e. The Bertz CT molecular complexity index is 3540. The molecule has 0 saturated carbocycles. The summed E-state index contributed by atoms with van der Waals surface area (Å²) in [7, 11) is 0. The minimum absolute atomic E-state index is 0.592. The Hall–Kier alpha value is -6.86. The summed E-state index contributed by atoms with van der Waals surface area (Å²) in [6, 6.07) is 60.1. The highest BCUT2D eigenvalue weighted by Crippen LogP contribution is 2.46. The summed E-state index contributed by atoms with van der Waals surface area (Å²) >= 11 is 3.64. The summed E-state index contributed by atoms with van der Waals surface area (Å²) in [6.45, 7) is 0. The number of para-hydroxylation sites is 1. The van der Waals surface area contributed by atoms with Crippen molar-refractivity contribution < 1.29 is 0 Å². The van der Waals surface area contributed by atoms with E-state index in [1.807, 2.05) is 29.5 Å². The molecule has 0 amide bonds. The summed E-state index contributed by atoms with van der Waals surface area (Å²) < 4.78 is 5.00. The van der Waals surface area contributed by atoms with Crippen LogP contribution in [-0.2, 0) is 0 Å². The number of aromatic nitrogens is 4. The molecule has 0 atom stereocenters. The molecule has 12 rings (SSSR count). The summed E-state index contributed by atoms with van der Waals surface area (Å²) in [4.78, 5) is 21.3. The van der Waals surface area contributed by atoms with Crippen molar-refractivity contribution in [2.24, 2.45) is 0 Å². The van der Waals surface area contributed by atoms with Crippen molar-refractivity contribution in [3.05, 3.63) is 170 Å². The van der Waals surface area contributed by atoms with Crippen LogP contribution in [-0.4, -0.2) is 19.9 Å². The normalized spacial score (nSPS) is 11.9. The van der Waals surface area contributed by atoms with Crippen molar-refractivity contribution in [3.8, 4) is 45.4 Å². The van der Waals surface area contributed by atoms with Crippen LogP contribution in [0.2, 0.25) is 0 Å². The second-order valence-corrected chi connectivity index (χ2v) is 16.3. The average Bonchev–Trinajstić information content (AvgIpc) is 3.84. The van der Waals surface area contributed by atoms with Crippen molar-refractivity contribution in [1.29, 1.82) is 0 Å². The van der Waals surface area contributed by atoms with Gasteiger partial charge in [-0.25, -0.2) is 19.9 Å². The number of benzene rings is 8. The molecule has 8 aromatic carbocycles. The zero-order valence-electron chi connectivity index (χ0n) is 29.8. The molecule has 4 aromatic heterocycles. The number of thiophene rings is 2. The Labute approximate surface area is 329 Å². The topological polar surface area (TPSA) is 51.6 Å². The van der Waals surface area contributed by atoms with E-state index in [9.17, 15) is 0 Å².